The number of rotatable bonds is 7. The molecule has 0 unspecified atom stereocenters. The predicted octanol–water partition coefficient (Wildman–Crippen LogP) is 0.945. The van der Waals surface area contributed by atoms with Crippen molar-refractivity contribution in [2.45, 2.75) is 25.3 Å². The first-order valence-corrected chi connectivity index (χ1v) is 6.46. The Balaban J connectivity index is 2.22. The van der Waals surface area contributed by atoms with Crippen molar-refractivity contribution >= 4 is 5.82 Å². The Labute approximate surface area is 112 Å². The van der Waals surface area contributed by atoms with E-state index in [1.54, 1.807) is 24.1 Å². The molecule has 1 aliphatic carbocycles. The zero-order valence-corrected chi connectivity index (χ0v) is 11.1. The molecule has 1 saturated carbocycles. The number of aromatic nitrogens is 2. The fourth-order valence-corrected chi connectivity index (χ4v) is 1.98. The van der Waals surface area contributed by atoms with Crippen molar-refractivity contribution in [3.05, 3.63) is 22.7 Å². The molecule has 0 saturated heterocycles. The Morgan fingerprint density at radius 3 is 3.00 bits per heavy atom. The van der Waals surface area contributed by atoms with Crippen LogP contribution in [0.15, 0.2) is 17.2 Å². The average Bonchev–Trinajstić information content (AvgIpc) is 3.24. The maximum atomic E-state index is 12.4. The molecule has 0 aromatic carbocycles. The molecule has 0 spiro atoms. The molecule has 0 N–H and O–H groups in total. The van der Waals surface area contributed by atoms with Gasteiger partial charge in [-0.05, 0) is 12.8 Å². The lowest BCUT2D eigenvalue weighted by Crippen LogP contribution is -2.36. The third-order valence-corrected chi connectivity index (χ3v) is 3.15. The van der Waals surface area contributed by atoms with Crippen LogP contribution >= 0.6 is 0 Å². The molecule has 1 aliphatic rings. The Kier molecular flexibility index (Phi) is 4.53. The van der Waals surface area contributed by atoms with Crippen molar-refractivity contribution < 1.29 is 4.74 Å². The van der Waals surface area contributed by atoms with Crippen molar-refractivity contribution in [3.8, 4) is 6.07 Å². The largest absolute Gasteiger partial charge is 0.383 e. The number of ether oxygens (including phenoxy) is 1. The molecule has 0 amide bonds. The number of anilines is 1. The lowest BCUT2D eigenvalue weighted by Gasteiger charge is -2.22. The predicted molar refractivity (Wildman–Crippen MR) is 71.1 cm³/mol. The van der Waals surface area contributed by atoms with E-state index in [4.69, 9.17) is 10.00 Å². The molecule has 2 rings (SSSR count). The van der Waals surface area contributed by atoms with Gasteiger partial charge in [0.2, 0.25) is 0 Å². The molecule has 1 aromatic rings. The van der Waals surface area contributed by atoms with E-state index in [2.05, 4.69) is 11.1 Å². The molecule has 102 valence electrons. The first-order valence-electron chi connectivity index (χ1n) is 6.46. The van der Waals surface area contributed by atoms with Gasteiger partial charge in [0.05, 0.1) is 19.1 Å². The quantitative estimate of drug-likeness (QED) is 0.731. The zero-order chi connectivity index (χ0) is 13.7. The molecule has 1 fully saturated rings. The molecule has 0 radical (unpaired) electrons. The summed E-state index contributed by atoms with van der Waals surface area (Å²) in [6, 6.07) is 2.42. The van der Waals surface area contributed by atoms with E-state index >= 15 is 0 Å². The second kappa shape index (κ2) is 6.34. The normalized spacial score (nSPS) is 14.1. The van der Waals surface area contributed by atoms with Crippen LogP contribution in [0.3, 0.4) is 0 Å². The van der Waals surface area contributed by atoms with E-state index in [0.717, 1.165) is 12.8 Å². The van der Waals surface area contributed by atoms with E-state index in [0.29, 0.717) is 38.0 Å². The second-order valence-corrected chi connectivity index (χ2v) is 4.58. The number of nitriles is 1. The summed E-state index contributed by atoms with van der Waals surface area (Å²) in [5.74, 6) is 0.418. The van der Waals surface area contributed by atoms with Crippen molar-refractivity contribution in [2.24, 2.45) is 0 Å². The molecule has 19 heavy (non-hydrogen) atoms. The highest BCUT2D eigenvalue weighted by atomic mass is 16.5. The van der Waals surface area contributed by atoms with Crippen LogP contribution < -0.4 is 10.5 Å². The fraction of sp³-hybridized carbons (Fsp3) is 0.615. The summed E-state index contributed by atoms with van der Waals surface area (Å²) in [6.07, 6.45) is 5.87. The van der Waals surface area contributed by atoms with Crippen LogP contribution in [-0.2, 0) is 4.74 Å². The van der Waals surface area contributed by atoms with Gasteiger partial charge in [-0.25, -0.2) is 4.98 Å². The van der Waals surface area contributed by atoms with Crippen molar-refractivity contribution in [3.63, 3.8) is 0 Å². The van der Waals surface area contributed by atoms with Crippen molar-refractivity contribution in [1.82, 2.24) is 9.55 Å². The minimum absolute atomic E-state index is 0.0703. The first-order chi connectivity index (χ1) is 9.27. The third-order valence-electron chi connectivity index (χ3n) is 3.15. The maximum absolute atomic E-state index is 12.4. The van der Waals surface area contributed by atoms with Gasteiger partial charge < -0.3 is 14.2 Å². The summed E-state index contributed by atoms with van der Waals surface area (Å²) in [4.78, 5) is 18.4. The maximum Gasteiger partial charge on any atom is 0.293 e. The lowest BCUT2D eigenvalue weighted by molar-refractivity contribution is 0.205. The van der Waals surface area contributed by atoms with E-state index < -0.39 is 0 Å². The first kappa shape index (κ1) is 13.6. The van der Waals surface area contributed by atoms with E-state index in [1.165, 1.54) is 0 Å². The third kappa shape index (κ3) is 3.32. The molecule has 0 atom stereocenters. The van der Waals surface area contributed by atoms with Gasteiger partial charge in [-0.2, -0.15) is 5.26 Å². The monoisotopic (exact) mass is 262 g/mol. The van der Waals surface area contributed by atoms with Gasteiger partial charge in [-0.15, -0.1) is 0 Å². The Bertz CT molecular complexity index is 516. The molecular formula is C13H18N4O2. The molecule has 0 aliphatic heterocycles. The van der Waals surface area contributed by atoms with E-state index in [1.807, 2.05) is 4.90 Å². The molecule has 6 nitrogen and oxygen atoms in total. The summed E-state index contributed by atoms with van der Waals surface area (Å²) in [5, 5.41) is 8.70. The minimum atomic E-state index is -0.0703. The van der Waals surface area contributed by atoms with Crippen molar-refractivity contribution in [1.29, 1.82) is 5.26 Å². The van der Waals surface area contributed by atoms with Gasteiger partial charge >= 0.3 is 0 Å². The number of hydrogen-bond acceptors (Lipinski definition) is 5. The topological polar surface area (TPSA) is 71.2 Å². The van der Waals surface area contributed by atoms with Crippen LogP contribution in [0.2, 0.25) is 0 Å². The second-order valence-electron chi connectivity index (χ2n) is 4.58. The molecular weight excluding hydrogens is 244 g/mol. The van der Waals surface area contributed by atoms with Crippen LogP contribution in [0.1, 0.15) is 25.3 Å². The highest BCUT2D eigenvalue weighted by molar-refractivity contribution is 5.36. The Morgan fingerprint density at radius 2 is 2.37 bits per heavy atom. The number of hydrogen-bond donors (Lipinski definition) is 0. The summed E-state index contributed by atoms with van der Waals surface area (Å²) < 4.78 is 6.79. The SMILES string of the molecule is COCCN(CCC#N)c1nccn(C2CC2)c1=O. The van der Waals surface area contributed by atoms with Crippen LogP contribution in [0, 0.1) is 11.3 Å². The van der Waals surface area contributed by atoms with E-state index in [9.17, 15) is 4.79 Å². The number of methoxy groups -OCH3 is 1. The highest BCUT2D eigenvalue weighted by Gasteiger charge is 2.26. The van der Waals surface area contributed by atoms with Gasteiger partial charge in [0.25, 0.3) is 5.56 Å². The van der Waals surface area contributed by atoms with Gasteiger partial charge in [-0.3, -0.25) is 4.79 Å². The van der Waals surface area contributed by atoms with Gasteiger partial charge in [-0.1, -0.05) is 0 Å². The van der Waals surface area contributed by atoms with Crippen LogP contribution in [0.4, 0.5) is 5.82 Å². The molecule has 1 aromatic heterocycles. The summed E-state index contributed by atoms with van der Waals surface area (Å²) in [5.41, 5.74) is -0.0703. The summed E-state index contributed by atoms with van der Waals surface area (Å²) in [7, 11) is 1.61. The van der Waals surface area contributed by atoms with Crippen LogP contribution in [-0.4, -0.2) is 36.4 Å². The smallest absolute Gasteiger partial charge is 0.293 e. The lowest BCUT2D eigenvalue weighted by atomic mass is 10.4. The van der Waals surface area contributed by atoms with E-state index in [-0.39, 0.29) is 5.56 Å². The molecule has 6 heteroatoms. The molecule has 1 heterocycles. The Hall–Kier alpha value is -1.87. The van der Waals surface area contributed by atoms with Gasteiger partial charge in [0.15, 0.2) is 5.82 Å². The molecule has 0 bridgehead atoms. The highest BCUT2D eigenvalue weighted by Crippen LogP contribution is 2.33. The Morgan fingerprint density at radius 1 is 1.58 bits per heavy atom. The number of nitrogens with zero attached hydrogens (tertiary/aromatic N) is 4. The van der Waals surface area contributed by atoms with Crippen LogP contribution in [0.5, 0.6) is 0 Å². The summed E-state index contributed by atoms with van der Waals surface area (Å²) >= 11 is 0. The average molecular weight is 262 g/mol. The summed E-state index contributed by atoms with van der Waals surface area (Å²) in [6.45, 7) is 1.57. The van der Waals surface area contributed by atoms with Crippen LogP contribution in [0.25, 0.3) is 0 Å². The fourth-order valence-electron chi connectivity index (χ4n) is 1.98. The van der Waals surface area contributed by atoms with Gasteiger partial charge in [0.1, 0.15) is 0 Å². The van der Waals surface area contributed by atoms with Crippen molar-refractivity contribution in [2.75, 3.05) is 31.7 Å². The van der Waals surface area contributed by atoms with Gasteiger partial charge in [0, 0.05) is 38.6 Å². The zero-order valence-electron chi connectivity index (χ0n) is 11.1. The standard InChI is InChI=1S/C13H18N4O2/c1-19-10-9-16(7-2-5-14)12-13(18)17(8-6-15-12)11-3-4-11/h6,8,11H,2-4,7,9-10H2,1H3. The minimum Gasteiger partial charge on any atom is -0.383 e.